The summed E-state index contributed by atoms with van der Waals surface area (Å²) < 4.78 is 16.9. The molecule has 0 radical (unpaired) electrons. The number of nitrogens with one attached hydrogen (secondary N) is 2. The lowest BCUT2D eigenvalue weighted by Crippen LogP contribution is -3.02. The Morgan fingerprint density at radius 3 is 2.27 bits per heavy atom. The van der Waals surface area contributed by atoms with Crippen molar-refractivity contribution < 1.29 is 39.9 Å². The van der Waals surface area contributed by atoms with Crippen molar-refractivity contribution in [3.63, 3.8) is 0 Å². The molecule has 0 spiro atoms. The highest BCUT2D eigenvalue weighted by atomic mass is 16.8. The van der Waals surface area contributed by atoms with Crippen LogP contribution in [0.2, 0.25) is 0 Å². The van der Waals surface area contributed by atoms with Gasteiger partial charge in [0.05, 0.1) is 12.7 Å². The normalized spacial score (nSPS) is 18.9. The molecule has 2 aliphatic heterocycles. The zero-order chi connectivity index (χ0) is 27.4. The number of carbonyl (C=O) groups is 1. The maximum Gasteiger partial charge on any atom is 0.231 e. The third-order valence-corrected chi connectivity index (χ3v) is 7.38. The summed E-state index contributed by atoms with van der Waals surface area (Å²) in [5, 5.41) is 42.5. The van der Waals surface area contributed by atoms with Crippen LogP contribution in [-0.2, 0) is 11.8 Å². The fraction of sp³-hybridized carbons (Fsp3) is 0.500. The predicted octanol–water partition coefficient (Wildman–Crippen LogP) is 1.95. The summed E-state index contributed by atoms with van der Waals surface area (Å²) in [6.45, 7) is 9.26. The zero-order valence-corrected chi connectivity index (χ0v) is 22.3. The molecule has 37 heavy (non-hydrogen) atoms. The number of nitrogens with zero attached hydrogens (tertiary/aromatic N) is 1. The molecule has 2 aromatic carbocycles. The largest absolute Gasteiger partial charge is 0.595 e. The molecule has 0 saturated heterocycles. The number of hydrogen-bond donors (Lipinski definition) is 4. The number of Topliss-reactive ketones (excluding diaryl/α,β-unsaturated/α-hetero) is 1. The molecule has 2 aromatic rings. The van der Waals surface area contributed by atoms with E-state index in [-0.39, 0.29) is 58.7 Å². The molecule has 0 aromatic heterocycles. The van der Waals surface area contributed by atoms with Crippen LogP contribution in [0.15, 0.2) is 6.07 Å². The summed E-state index contributed by atoms with van der Waals surface area (Å²) in [6, 6.07) is 1.54. The second kappa shape index (κ2) is 9.84. The molecule has 202 valence electrons. The lowest BCUT2D eigenvalue weighted by atomic mass is 9.78. The Hall–Kier alpha value is -2.77. The molecule has 0 fully saturated rings. The summed E-state index contributed by atoms with van der Waals surface area (Å²) in [4.78, 5) is 16.0. The van der Waals surface area contributed by atoms with Gasteiger partial charge in [0.2, 0.25) is 12.5 Å². The van der Waals surface area contributed by atoms with Crippen LogP contribution >= 0.6 is 0 Å². The van der Waals surface area contributed by atoms with Gasteiger partial charge >= 0.3 is 0 Å². The van der Waals surface area contributed by atoms with Crippen LogP contribution < -0.4 is 24.7 Å². The number of fused-ring (bicyclic) bond motifs is 2. The number of carbonyl (C=O) groups excluding carboxylic acids is 1. The number of likely N-dealkylation sites (N-methyl/N-ethyl adjacent to an activating group) is 1. The van der Waals surface area contributed by atoms with Gasteiger partial charge in [0.1, 0.15) is 0 Å². The minimum absolute atomic E-state index is 0.00810. The number of ketones is 1. The van der Waals surface area contributed by atoms with Crippen LogP contribution in [-0.4, -0.2) is 48.6 Å². The van der Waals surface area contributed by atoms with Crippen LogP contribution in [0.3, 0.4) is 0 Å². The van der Waals surface area contributed by atoms with E-state index in [0.717, 1.165) is 17.5 Å². The monoisotopic (exact) mass is 517 g/mol. The van der Waals surface area contributed by atoms with Crippen LogP contribution in [0.1, 0.15) is 71.4 Å². The van der Waals surface area contributed by atoms with E-state index < -0.39 is 15.9 Å². The molecule has 2 aliphatic rings. The molecule has 11 nitrogen and oxygen atoms in total. The number of rotatable bonds is 6. The summed E-state index contributed by atoms with van der Waals surface area (Å²) in [6.07, 6.45) is 0.738. The maximum atomic E-state index is 13.9. The Morgan fingerprint density at radius 2 is 1.76 bits per heavy atom. The van der Waals surface area contributed by atoms with Gasteiger partial charge in [0.25, 0.3) is 0 Å². The van der Waals surface area contributed by atoms with E-state index in [2.05, 4.69) is 4.90 Å². The van der Waals surface area contributed by atoms with Crippen molar-refractivity contribution in [1.82, 2.24) is 4.90 Å². The molecule has 2 unspecified atom stereocenters. The Kier molecular flexibility index (Phi) is 7.25. The zero-order valence-electron chi connectivity index (χ0n) is 22.3. The van der Waals surface area contributed by atoms with E-state index in [1.54, 1.807) is 41.7 Å². The molecule has 4 N–H and O–H groups in total. The van der Waals surface area contributed by atoms with E-state index >= 15 is 0 Å². The van der Waals surface area contributed by atoms with Gasteiger partial charge in [-0.1, -0.05) is 20.8 Å². The summed E-state index contributed by atoms with van der Waals surface area (Å²) in [5.41, 5.74) is 1.71. The van der Waals surface area contributed by atoms with Gasteiger partial charge < -0.3 is 24.6 Å². The Bertz CT molecular complexity index is 1200. The summed E-state index contributed by atoms with van der Waals surface area (Å²) in [5.74, 6) is 1.29. The minimum Gasteiger partial charge on any atom is -0.595 e. The van der Waals surface area contributed by atoms with Gasteiger partial charge in [0.15, 0.2) is 28.7 Å². The van der Waals surface area contributed by atoms with Crippen molar-refractivity contribution >= 4 is 17.2 Å². The lowest BCUT2D eigenvalue weighted by Gasteiger charge is -2.36. The average molecular weight is 518 g/mol. The Balaban J connectivity index is 1.87. The standard InChI is InChI=1S/C26H35N3O8/c1-13-19(14(2)23(29(33)34)21(26(3,4)5)22(13)28(31)32)17(30)11-16-20-15(8-9-27(16)6)10-18-24(25(20)35-7)37-12-36-18/h10,16,28-29,31,33H,8-9,11-12H2,1-7H3/t16-/m0/s1. The molecule has 11 heteroatoms. The number of methoxy groups -OCH3 is 1. The van der Waals surface area contributed by atoms with Gasteiger partial charge in [-0.15, -0.1) is 0 Å². The van der Waals surface area contributed by atoms with Gasteiger partial charge in [-0.25, -0.2) is 10.4 Å². The third kappa shape index (κ3) is 4.57. The average Bonchev–Trinajstić information content (AvgIpc) is 3.26. The molecule has 0 aliphatic carbocycles. The first kappa shape index (κ1) is 27.3. The van der Waals surface area contributed by atoms with E-state index in [0.29, 0.717) is 23.8 Å². The van der Waals surface area contributed by atoms with Gasteiger partial charge in [-0.3, -0.25) is 9.69 Å². The van der Waals surface area contributed by atoms with Crippen molar-refractivity contribution in [2.24, 2.45) is 0 Å². The SMILES string of the molecule is COc1c2c(cc3c1[C@H](CC(=O)c1c(C)c([NH+]([O-])O)c(C(C)(C)C)c([NH+]([O-])O)c1C)N(C)CC3)OCO2. The first-order chi connectivity index (χ1) is 17.3. The van der Waals surface area contributed by atoms with Crippen LogP contribution in [0.25, 0.3) is 0 Å². The fourth-order valence-electron chi connectivity index (χ4n) is 5.79. The highest BCUT2D eigenvalue weighted by Crippen LogP contribution is 2.50. The molecular formula is C26H35N3O8. The van der Waals surface area contributed by atoms with Crippen molar-refractivity contribution in [2.75, 3.05) is 27.5 Å². The van der Waals surface area contributed by atoms with E-state index in [1.807, 2.05) is 13.1 Å². The van der Waals surface area contributed by atoms with Crippen molar-refractivity contribution in [3.05, 3.63) is 49.9 Å². The molecule has 4 rings (SSSR count). The van der Waals surface area contributed by atoms with Gasteiger partial charge in [0, 0.05) is 41.3 Å². The highest BCUT2D eigenvalue weighted by molar-refractivity contribution is 6.02. The number of hydrogen-bond acceptors (Lipinski definition) is 9. The molecule has 3 atom stereocenters. The third-order valence-electron chi connectivity index (χ3n) is 7.38. The van der Waals surface area contributed by atoms with Crippen molar-refractivity contribution in [2.45, 2.75) is 58.9 Å². The van der Waals surface area contributed by atoms with E-state index in [4.69, 9.17) is 14.2 Å². The van der Waals surface area contributed by atoms with Crippen LogP contribution in [0.4, 0.5) is 11.4 Å². The number of quaternary nitrogens is 2. The first-order valence-electron chi connectivity index (χ1n) is 12.2. The predicted molar refractivity (Wildman–Crippen MR) is 133 cm³/mol. The quantitative estimate of drug-likeness (QED) is 0.334. The summed E-state index contributed by atoms with van der Waals surface area (Å²) in [7, 11) is 3.46. The first-order valence-corrected chi connectivity index (χ1v) is 12.2. The minimum atomic E-state index is -1.26. The number of benzene rings is 2. The highest BCUT2D eigenvalue weighted by Gasteiger charge is 2.39. The molecule has 0 amide bonds. The van der Waals surface area contributed by atoms with Gasteiger partial charge in [-0.2, -0.15) is 10.5 Å². The second-order valence-corrected chi connectivity index (χ2v) is 10.7. The maximum absolute atomic E-state index is 13.9. The van der Waals surface area contributed by atoms with Crippen LogP contribution in [0.5, 0.6) is 17.2 Å². The van der Waals surface area contributed by atoms with Crippen molar-refractivity contribution in [3.8, 4) is 17.2 Å². The Labute approximate surface area is 215 Å². The smallest absolute Gasteiger partial charge is 0.231 e. The van der Waals surface area contributed by atoms with Crippen molar-refractivity contribution in [1.29, 1.82) is 0 Å². The molecule has 2 heterocycles. The van der Waals surface area contributed by atoms with E-state index in [9.17, 15) is 25.6 Å². The molecule has 0 bridgehead atoms. The molecular weight excluding hydrogens is 482 g/mol. The summed E-state index contributed by atoms with van der Waals surface area (Å²) >= 11 is 0. The number of ether oxygens (including phenoxy) is 3. The molecule has 0 saturated carbocycles. The lowest BCUT2D eigenvalue weighted by molar-refractivity contribution is -0.997. The fourth-order valence-corrected chi connectivity index (χ4v) is 5.79. The Morgan fingerprint density at radius 1 is 1.16 bits per heavy atom. The second-order valence-electron chi connectivity index (χ2n) is 10.7. The topological polar surface area (TPSA) is 143 Å². The van der Waals surface area contributed by atoms with Crippen LogP contribution in [0, 0.1) is 24.3 Å². The van der Waals surface area contributed by atoms with E-state index in [1.165, 1.54) is 0 Å². The van der Waals surface area contributed by atoms with Gasteiger partial charge in [-0.05, 0) is 44.4 Å².